The summed E-state index contributed by atoms with van der Waals surface area (Å²) >= 11 is 0. The van der Waals surface area contributed by atoms with Gasteiger partial charge in [0.25, 0.3) is 0 Å². The van der Waals surface area contributed by atoms with Gasteiger partial charge in [0, 0.05) is 6.04 Å². The SMILES string of the molecule is CCC(N)C(O)c1ncco1.Cl. The van der Waals surface area contributed by atoms with Gasteiger partial charge < -0.3 is 15.3 Å². The van der Waals surface area contributed by atoms with E-state index in [2.05, 4.69) is 4.98 Å². The Morgan fingerprint density at radius 2 is 2.42 bits per heavy atom. The van der Waals surface area contributed by atoms with Gasteiger partial charge >= 0.3 is 0 Å². The summed E-state index contributed by atoms with van der Waals surface area (Å²) in [5.74, 6) is 0.291. The van der Waals surface area contributed by atoms with Crippen LogP contribution in [0.5, 0.6) is 0 Å². The van der Waals surface area contributed by atoms with Gasteiger partial charge in [-0.3, -0.25) is 0 Å². The average Bonchev–Trinajstić information content (AvgIpc) is 2.53. The van der Waals surface area contributed by atoms with Crippen molar-refractivity contribution < 1.29 is 9.52 Å². The van der Waals surface area contributed by atoms with E-state index in [9.17, 15) is 5.11 Å². The van der Waals surface area contributed by atoms with Crippen LogP contribution in [-0.2, 0) is 0 Å². The van der Waals surface area contributed by atoms with Gasteiger partial charge in [-0.2, -0.15) is 0 Å². The monoisotopic (exact) mass is 192 g/mol. The van der Waals surface area contributed by atoms with Gasteiger partial charge in [0.2, 0.25) is 5.89 Å². The molecule has 3 N–H and O–H groups in total. The highest BCUT2D eigenvalue weighted by molar-refractivity contribution is 5.85. The van der Waals surface area contributed by atoms with Crippen molar-refractivity contribution in [2.24, 2.45) is 5.73 Å². The summed E-state index contributed by atoms with van der Waals surface area (Å²) in [5.41, 5.74) is 5.56. The molecular weight excluding hydrogens is 180 g/mol. The van der Waals surface area contributed by atoms with Gasteiger partial charge in [0.1, 0.15) is 12.4 Å². The third-order valence-corrected chi connectivity index (χ3v) is 1.58. The van der Waals surface area contributed by atoms with Crippen LogP contribution in [0, 0.1) is 0 Å². The summed E-state index contributed by atoms with van der Waals surface area (Å²) in [7, 11) is 0. The van der Waals surface area contributed by atoms with Crippen LogP contribution in [0.4, 0.5) is 0 Å². The van der Waals surface area contributed by atoms with E-state index in [-0.39, 0.29) is 18.4 Å². The van der Waals surface area contributed by atoms with Crippen molar-refractivity contribution in [3.8, 4) is 0 Å². The van der Waals surface area contributed by atoms with Gasteiger partial charge in [-0.1, -0.05) is 6.92 Å². The van der Waals surface area contributed by atoms with Crippen LogP contribution in [0.2, 0.25) is 0 Å². The van der Waals surface area contributed by atoms with Crippen molar-refractivity contribution in [1.82, 2.24) is 4.98 Å². The Labute approximate surface area is 77.2 Å². The molecule has 2 unspecified atom stereocenters. The normalized spacial score (nSPS) is 14.9. The number of aromatic nitrogens is 1. The number of rotatable bonds is 3. The molecule has 0 aromatic carbocycles. The van der Waals surface area contributed by atoms with Crippen LogP contribution >= 0.6 is 12.4 Å². The quantitative estimate of drug-likeness (QED) is 0.746. The zero-order valence-corrected chi connectivity index (χ0v) is 7.62. The molecule has 0 radical (unpaired) electrons. The molecule has 5 heteroatoms. The Kier molecular flexibility index (Phi) is 4.89. The lowest BCUT2D eigenvalue weighted by Crippen LogP contribution is -2.27. The largest absolute Gasteiger partial charge is 0.446 e. The maximum Gasteiger partial charge on any atom is 0.224 e. The van der Waals surface area contributed by atoms with Gasteiger partial charge in [-0.05, 0) is 6.42 Å². The number of aliphatic hydroxyl groups excluding tert-OH is 1. The molecule has 0 aliphatic rings. The number of nitrogens with two attached hydrogens (primary N) is 1. The average molecular weight is 193 g/mol. The van der Waals surface area contributed by atoms with Crippen molar-refractivity contribution in [3.05, 3.63) is 18.4 Å². The standard InChI is InChI=1S/C7H12N2O2.ClH/c1-2-5(8)6(10)7-9-3-4-11-7;/h3-6,10H,2,8H2,1H3;1H. The zero-order valence-electron chi connectivity index (χ0n) is 6.80. The highest BCUT2D eigenvalue weighted by Gasteiger charge is 2.18. The summed E-state index contributed by atoms with van der Waals surface area (Å²) in [6, 6.07) is -0.298. The molecule has 0 bridgehead atoms. The lowest BCUT2D eigenvalue weighted by atomic mass is 10.1. The van der Waals surface area contributed by atoms with Gasteiger partial charge in [-0.15, -0.1) is 12.4 Å². The fourth-order valence-corrected chi connectivity index (χ4v) is 0.787. The summed E-state index contributed by atoms with van der Waals surface area (Å²) in [5, 5.41) is 9.40. The van der Waals surface area contributed by atoms with Crippen LogP contribution in [0.25, 0.3) is 0 Å². The second-order valence-corrected chi connectivity index (χ2v) is 2.39. The topological polar surface area (TPSA) is 72.3 Å². The maximum absolute atomic E-state index is 9.40. The molecule has 1 aromatic heterocycles. The van der Waals surface area contributed by atoms with Crippen molar-refractivity contribution in [2.45, 2.75) is 25.5 Å². The number of hydrogen-bond donors (Lipinski definition) is 2. The second-order valence-electron chi connectivity index (χ2n) is 2.39. The molecular formula is C7H13ClN2O2. The van der Waals surface area contributed by atoms with E-state index in [4.69, 9.17) is 10.2 Å². The summed E-state index contributed by atoms with van der Waals surface area (Å²) in [6.45, 7) is 1.90. The number of oxazole rings is 1. The fourth-order valence-electron chi connectivity index (χ4n) is 0.787. The lowest BCUT2D eigenvalue weighted by molar-refractivity contribution is 0.113. The fraction of sp³-hybridized carbons (Fsp3) is 0.571. The van der Waals surface area contributed by atoms with Crippen molar-refractivity contribution in [1.29, 1.82) is 0 Å². The van der Waals surface area contributed by atoms with Crippen LogP contribution in [0.1, 0.15) is 25.3 Å². The van der Waals surface area contributed by atoms with E-state index in [0.29, 0.717) is 12.3 Å². The molecule has 0 aliphatic heterocycles. The highest BCUT2D eigenvalue weighted by Crippen LogP contribution is 2.14. The molecule has 1 rings (SSSR count). The molecule has 0 spiro atoms. The Morgan fingerprint density at radius 1 is 1.75 bits per heavy atom. The maximum atomic E-state index is 9.40. The van der Waals surface area contributed by atoms with Crippen molar-refractivity contribution in [3.63, 3.8) is 0 Å². The highest BCUT2D eigenvalue weighted by atomic mass is 35.5. The minimum absolute atomic E-state index is 0. The Morgan fingerprint density at radius 3 is 2.83 bits per heavy atom. The summed E-state index contributed by atoms with van der Waals surface area (Å²) < 4.78 is 4.88. The number of hydrogen-bond acceptors (Lipinski definition) is 4. The predicted molar refractivity (Wildman–Crippen MR) is 47.0 cm³/mol. The predicted octanol–water partition coefficient (Wildman–Crippen LogP) is 0.867. The van der Waals surface area contributed by atoms with Gasteiger partial charge in [0.05, 0.1) is 6.20 Å². The van der Waals surface area contributed by atoms with E-state index < -0.39 is 6.10 Å². The first-order valence-corrected chi connectivity index (χ1v) is 3.58. The van der Waals surface area contributed by atoms with Crippen LogP contribution < -0.4 is 5.73 Å². The second kappa shape index (κ2) is 5.13. The van der Waals surface area contributed by atoms with Gasteiger partial charge in [0.15, 0.2) is 0 Å². The first-order valence-electron chi connectivity index (χ1n) is 3.58. The van der Waals surface area contributed by atoms with E-state index in [1.807, 2.05) is 6.92 Å². The molecule has 0 aliphatic carbocycles. The Balaban J connectivity index is 0.00000121. The Bertz CT molecular complexity index is 203. The van der Waals surface area contributed by atoms with E-state index >= 15 is 0 Å². The van der Waals surface area contributed by atoms with E-state index in [0.717, 1.165) is 0 Å². The van der Waals surface area contributed by atoms with Crippen molar-refractivity contribution >= 4 is 12.4 Å². The molecule has 12 heavy (non-hydrogen) atoms. The molecule has 4 nitrogen and oxygen atoms in total. The first kappa shape index (κ1) is 11.4. The third kappa shape index (κ3) is 2.48. The first-order chi connectivity index (χ1) is 5.25. The van der Waals surface area contributed by atoms with Crippen molar-refractivity contribution in [2.75, 3.05) is 0 Å². The number of nitrogens with zero attached hydrogens (tertiary/aromatic N) is 1. The molecule has 2 atom stereocenters. The minimum atomic E-state index is -0.782. The van der Waals surface area contributed by atoms with E-state index in [1.165, 1.54) is 12.5 Å². The molecule has 1 aromatic rings. The smallest absolute Gasteiger partial charge is 0.224 e. The third-order valence-electron chi connectivity index (χ3n) is 1.58. The number of halogens is 1. The van der Waals surface area contributed by atoms with E-state index in [1.54, 1.807) is 0 Å². The zero-order chi connectivity index (χ0) is 8.27. The van der Waals surface area contributed by atoms with Crippen LogP contribution in [0.3, 0.4) is 0 Å². The number of aliphatic hydroxyl groups is 1. The molecule has 0 saturated heterocycles. The molecule has 0 amide bonds. The Hall–Kier alpha value is -0.580. The van der Waals surface area contributed by atoms with Crippen LogP contribution in [0.15, 0.2) is 16.9 Å². The summed E-state index contributed by atoms with van der Waals surface area (Å²) in [6.07, 6.45) is 2.82. The molecule has 0 saturated carbocycles. The minimum Gasteiger partial charge on any atom is -0.446 e. The molecule has 0 fully saturated rings. The molecule has 70 valence electrons. The summed E-state index contributed by atoms with van der Waals surface area (Å²) in [4.78, 5) is 3.79. The van der Waals surface area contributed by atoms with Crippen LogP contribution in [-0.4, -0.2) is 16.1 Å². The van der Waals surface area contributed by atoms with Gasteiger partial charge in [-0.25, -0.2) is 4.98 Å². The molecule has 1 heterocycles. The lowest BCUT2D eigenvalue weighted by Gasteiger charge is -2.12.